The number of likely N-dealkylation sites (tertiary alicyclic amines) is 2. The van der Waals surface area contributed by atoms with Crippen LogP contribution in [-0.2, 0) is 9.47 Å². The lowest BCUT2D eigenvalue weighted by Crippen LogP contribution is -2.35. The third-order valence-electron chi connectivity index (χ3n) is 5.96. The molecule has 0 amide bonds. The van der Waals surface area contributed by atoms with Crippen LogP contribution in [0.15, 0.2) is 10.3 Å². The fourth-order valence-electron chi connectivity index (χ4n) is 3.75. The quantitative estimate of drug-likeness (QED) is 0.231. The summed E-state index contributed by atoms with van der Waals surface area (Å²) < 4.78 is 11.0. The molecule has 2 rings (SSSR count). The summed E-state index contributed by atoms with van der Waals surface area (Å²) in [5, 5.41) is 23.8. The Morgan fingerprint density at radius 1 is 0.625 bits per heavy atom. The molecule has 32 heavy (non-hydrogen) atoms. The van der Waals surface area contributed by atoms with Crippen molar-refractivity contribution >= 4 is 11.4 Å². The van der Waals surface area contributed by atoms with E-state index >= 15 is 0 Å². The number of unbranched alkanes of at least 4 members (excludes halogenated alkanes) is 2. The van der Waals surface area contributed by atoms with Gasteiger partial charge in [0.2, 0.25) is 0 Å². The van der Waals surface area contributed by atoms with Gasteiger partial charge in [-0.05, 0) is 25.7 Å². The van der Waals surface area contributed by atoms with E-state index in [0.717, 1.165) is 116 Å². The van der Waals surface area contributed by atoms with E-state index in [1.54, 1.807) is 0 Å². The van der Waals surface area contributed by atoms with Crippen LogP contribution in [-0.4, -0.2) is 97.3 Å². The molecule has 8 heteroatoms. The summed E-state index contributed by atoms with van der Waals surface area (Å²) >= 11 is 0. The lowest BCUT2D eigenvalue weighted by Gasteiger charge is -2.26. The third kappa shape index (κ3) is 14.8. The van der Waals surface area contributed by atoms with Gasteiger partial charge in [0.25, 0.3) is 0 Å². The first-order valence-corrected chi connectivity index (χ1v) is 12.7. The molecule has 0 saturated carbocycles. The molecule has 0 atom stereocenters. The van der Waals surface area contributed by atoms with Crippen molar-refractivity contribution < 1.29 is 19.9 Å². The first kappa shape index (κ1) is 28.8. The molecule has 0 radical (unpaired) electrons. The number of ether oxygens (including phenoxy) is 2. The second kappa shape index (κ2) is 20.4. The highest BCUT2D eigenvalue weighted by atomic mass is 16.5. The van der Waals surface area contributed by atoms with Crippen LogP contribution in [0.1, 0.15) is 78.1 Å². The van der Waals surface area contributed by atoms with E-state index in [2.05, 4.69) is 34.0 Å². The van der Waals surface area contributed by atoms with Crippen LogP contribution in [0.4, 0.5) is 0 Å². The van der Waals surface area contributed by atoms with Gasteiger partial charge >= 0.3 is 0 Å². The van der Waals surface area contributed by atoms with Gasteiger partial charge in [-0.1, -0.05) is 37.0 Å². The Balaban J connectivity index is 0.000000320. The number of rotatable bonds is 14. The average molecular weight is 457 g/mol. The van der Waals surface area contributed by atoms with Crippen LogP contribution in [0.5, 0.6) is 0 Å². The Morgan fingerprint density at radius 3 is 1.28 bits per heavy atom. The highest BCUT2D eigenvalue weighted by Gasteiger charge is 2.15. The van der Waals surface area contributed by atoms with Gasteiger partial charge in [-0.15, -0.1) is 0 Å². The predicted octanol–water partition coefficient (Wildman–Crippen LogP) is 4.24. The zero-order chi connectivity index (χ0) is 23.3. The summed E-state index contributed by atoms with van der Waals surface area (Å²) in [6.45, 7) is 14.2. The minimum atomic E-state index is 0.872. The van der Waals surface area contributed by atoms with Gasteiger partial charge in [-0.2, -0.15) is 0 Å². The van der Waals surface area contributed by atoms with E-state index in [1.807, 2.05) is 0 Å². The highest BCUT2D eigenvalue weighted by molar-refractivity contribution is 5.85. The summed E-state index contributed by atoms with van der Waals surface area (Å²) in [6, 6.07) is 0. The second-order valence-corrected chi connectivity index (χ2v) is 8.65. The molecule has 2 N–H and O–H groups in total. The van der Waals surface area contributed by atoms with Crippen LogP contribution < -0.4 is 0 Å². The van der Waals surface area contributed by atoms with Gasteiger partial charge in [0.15, 0.2) is 0 Å². The summed E-state index contributed by atoms with van der Waals surface area (Å²) in [7, 11) is 0. The molecular formula is C24H48N4O4. The maximum atomic E-state index is 8.62. The van der Waals surface area contributed by atoms with Crippen molar-refractivity contribution in [1.82, 2.24) is 9.80 Å². The molecule has 0 aromatic carbocycles. The minimum Gasteiger partial charge on any atom is -0.411 e. The van der Waals surface area contributed by atoms with Crippen molar-refractivity contribution in [2.24, 2.45) is 10.3 Å². The highest BCUT2D eigenvalue weighted by Crippen LogP contribution is 2.08. The largest absolute Gasteiger partial charge is 0.411 e. The molecule has 0 spiro atoms. The summed E-state index contributed by atoms with van der Waals surface area (Å²) in [5.41, 5.74) is 1.88. The molecule has 2 aliphatic heterocycles. The van der Waals surface area contributed by atoms with Gasteiger partial charge in [-0.3, -0.25) is 0 Å². The number of piperidine rings is 2. The van der Waals surface area contributed by atoms with E-state index in [9.17, 15) is 0 Å². The summed E-state index contributed by atoms with van der Waals surface area (Å²) in [4.78, 5) is 4.83. The van der Waals surface area contributed by atoms with E-state index in [-0.39, 0.29) is 0 Å². The van der Waals surface area contributed by atoms with Crippen molar-refractivity contribution in [2.75, 3.05) is 65.7 Å². The molecule has 2 heterocycles. The van der Waals surface area contributed by atoms with Crippen LogP contribution in [0, 0.1) is 0 Å². The SMILES string of the molecule is CCCCOCCCN1CCC(=NO)CC1.CCCCOCCCN1CCC(=NO)CC1. The van der Waals surface area contributed by atoms with E-state index in [0.29, 0.717) is 0 Å². The van der Waals surface area contributed by atoms with E-state index in [4.69, 9.17) is 19.9 Å². The van der Waals surface area contributed by atoms with Gasteiger partial charge < -0.3 is 29.7 Å². The monoisotopic (exact) mass is 456 g/mol. The lowest BCUT2D eigenvalue weighted by atomic mass is 10.1. The zero-order valence-corrected chi connectivity index (χ0v) is 20.6. The standard InChI is InChI=1S/2C12H24N2O2/c2*1-2-3-10-16-11-4-7-14-8-5-12(13-15)6-9-14/h2*15H,2-11H2,1H3. The fraction of sp³-hybridized carbons (Fsp3) is 0.917. The molecule has 0 aromatic rings. The molecule has 2 saturated heterocycles. The van der Waals surface area contributed by atoms with Gasteiger partial charge in [0.1, 0.15) is 0 Å². The summed E-state index contributed by atoms with van der Waals surface area (Å²) in [5.74, 6) is 0. The van der Waals surface area contributed by atoms with Crippen molar-refractivity contribution in [3.8, 4) is 0 Å². The number of oxime groups is 2. The molecule has 2 aliphatic rings. The second-order valence-electron chi connectivity index (χ2n) is 8.65. The first-order chi connectivity index (χ1) is 15.7. The minimum absolute atomic E-state index is 0.872. The maximum Gasteiger partial charge on any atom is 0.0596 e. The van der Waals surface area contributed by atoms with Gasteiger partial charge in [0, 0.05) is 91.4 Å². The maximum absolute atomic E-state index is 8.62. The van der Waals surface area contributed by atoms with Crippen LogP contribution in [0.2, 0.25) is 0 Å². The smallest absolute Gasteiger partial charge is 0.0596 e. The van der Waals surface area contributed by atoms with Crippen LogP contribution in [0.3, 0.4) is 0 Å². The molecule has 8 nitrogen and oxygen atoms in total. The number of hydrogen-bond donors (Lipinski definition) is 2. The molecule has 188 valence electrons. The van der Waals surface area contributed by atoms with Gasteiger partial charge in [0.05, 0.1) is 11.4 Å². The summed E-state index contributed by atoms with van der Waals surface area (Å²) in [6.07, 6.45) is 10.6. The number of hydrogen-bond acceptors (Lipinski definition) is 8. The van der Waals surface area contributed by atoms with Crippen molar-refractivity contribution in [1.29, 1.82) is 0 Å². The fourth-order valence-corrected chi connectivity index (χ4v) is 3.75. The zero-order valence-electron chi connectivity index (χ0n) is 20.6. The van der Waals surface area contributed by atoms with Crippen LogP contribution >= 0.6 is 0 Å². The van der Waals surface area contributed by atoms with Gasteiger partial charge in [-0.25, -0.2) is 0 Å². The van der Waals surface area contributed by atoms with Crippen molar-refractivity contribution in [3.63, 3.8) is 0 Å². The van der Waals surface area contributed by atoms with E-state index < -0.39 is 0 Å². The molecule has 0 aromatic heterocycles. The first-order valence-electron chi connectivity index (χ1n) is 12.7. The Labute approximate surface area is 195 Å². The molecular weight excluding hydrogens is 408 g/mol. The van der Waals surface area contributed by atoms with Crippen LogP contribution in [0.25, 0.3) is 0 Å². The Bertz CT molecular complexity index is 438. The van der Waals surface area contributed by atoms with Crippen molar-refractivity contribution in [2.45, 2.75) is 78.1 Å². The lowest BCUT2D eigenvalue weighted by molar-refractivity contribution is 0.117. The number of nitrogens with zero attached hydrogens (tertiary/aromatic N) is 4. The average Bonchev–Trinajstić information content (AvgIpc) is 2.84. The molecule has 0 unspecified atom stereocenters. The molecule has 2 fully saturated rings. The van der Waals surface area contributed by atoms with Crippen molar-refractivity contribution in [3.05, 3.63) is 0 Å². The topological polar surface area (TPSA) is 90.1 Å². The predicted molar refractivity (Wildman–Crippen MR) is 130 cm³/mol. The molecule has 0 bridgehead atoms. The normalized spacial score (nSPS) is 17.7. The Hall–Kier alpha value is -1.22. The molecule has 0 aliphatic carbocycles. The van der Waals surface area contributed by atoms with E-state index in [1.165, 1.54) is 25.7 Å². The third-order valence-corrected chi connectivity index (χ3v) is 5.96. The Kier molecular flexibility index (Phi) is 18.4. The Morgan fingerprint density at radius 2 is 0.969 bits per heavy atom.